The van der Waals surface area contributed by atoms with Gasteiger partial charge in [0.15, 0.2) is 0 Å². The smallest absolute Gasteiger partial charge is 0.239 e. The molecule has 1 amide bonds. The lowest BCUT2D eigenvalue weighted by molar-refractivity contribution is -0.136. The summed E-state index contributed by atoms with van der Waals surface area (Å²) in [5, 5.41) is 9.12. The Morgan fingerprint density at radius 3 is 2.24 bits per heavy atom. The molecule has 100 valence electrons. The van der Waals surface area contributed by atoms with Gasteiger partial charge in [0.1, 0.15) is 0 Å². The number of nitrogens with zero attached hydrogens (tertiary/aromatic N) is 2. The van der Waals surface area contributed by atoms with Gasteiger partial charge in [-0.3, -0.25) is 9.69 Å². The van der Waals surface area contributed by atoms with Gasteiger partial charge in [0.25, 0.3) is 0 Å². The lowest BCUT2D eigenvalue weighted by Crippen LogP contribution is -2.49. The molecule has 1 fully saturated rings. The van der Waals surface area contributed by atoms with Gasteiger partial charge in [-0.2, -0.15) is 0 Å². The molecule has 1 saturated heterocycles. The summed E-state index contributed by atoms with van der Waals surface area (Å²) >= 11 is 0. The highest BCUT2D eigenvalue weighted by Gasteiger charge is 2.26. The fourth-order valence-corrected chi connectivity index (χ4v) is 2.24. The summed E-state index contributed by atoms with van der Waals surface area (Å²) in [5.74, 6) is 0.203. The summed E-state index contributed by atoms with van der Waals surface area (Å²) in [5.41, 5.74) is 0. The molecule has 0 spiro atoms. The second-order valence-corrected chi connectivity index (χ2v) is 5.11. The highest BCUT2D eigenvalue weighted by Crippen LogP contribution is 2.13. The molecule has 1 rings (SSSR count). The van der Waals surface area contributed by atoms with E-state index in [2.05, 4.69) is 0 Å². The summed E-state index contributed by atoms with van der Waals surface area (Å²) in [6, 6.07) is -0.115. The molecule has 4 heteroatoms. The van der Waals surface area contributed by atoms with Crippen molar-refractivity contribution in [3.63, 3.8) is 0 Å². The SMILES string of the molecule is CC(CO)N(C)C(C)C(=O)N1CCCCCC1. The maximum absolute atomic E-state index is 12.3. The van der Waals surface area contributed by atoms with Gasteiger partial charge in [-0.15, -0.1) is 0 Å². The molecule has 0 aromatic rings. The minimum atomic E-state index is -0.143. The van der Waals surface area contributed by atoms with Crippen LogP contribution >= 0.6 is 0 Å². The Kier molecular flexibility index (Phi) is 5.92. The first-order chi connectivity index (χ1) is 8.07. The van der Waals surface area contributed by atoms with E-state index < -0.39 is 0 Å². The second kappa shape index (κ2) is 6.97. The van der Waals surface area contributed by atoms with Crippen LogP contribution in [0.25, 0.3) is 0 Å². The molecule has 0 aliphatic carbocycles. The lowest BCUT2D eigenvalue weighted by Gasteiger charge is -2.32. The van der Waals surface area contributed by atoms with Crippen molar-refractivity contribution in [2.75, 3.05) is 26.7 Å². The first-order valence-corrected chi connectivity index (χ1v) is 6.69. The van der Waals surface area contributed by atoms with Crippen LogP contribution < -0.4 is 0 Å². The quantitative estimate of drug-likeness (QED) is 0.802. The Morgan fingerprint density at radius 2 is 1.76 bits per heavy atom. The third-order valence-electron chi connectivity index (χ3n) is 3.85. The summed E-state index contributed by atoms with van der Waals surface area (Å²) in [6.45, 7) is 5.74. The monoisotopic (exact) mass is 242 g/mol. The predicted molar refractivity (Wildman–Crippen MR) is 68.8 cm³/mol. The van der Waals surface area contributed by atoms with Crippen LogP contribution in [0.2, 0.25) is 0 Å². The highest BCUT2D eigenvalue weighted by atomic mass is 16.3. The first kappa shape index (κ1) is 14.5. The summed E-state index contributed by atoms with van der Waals surface area (Å²) in [7, 11) is 1.90. The molecule has 0 aromatic heterocycles. The number of aliphatic hydroxyl groups is 1. The molecule has 4 nitrogen and oxygen atoms in total. The van der Waals surface area contributed by atoms with Gasteiger partial charge < -0.3 is 10.0 Å². The molecular weight excluding hydrogens is 216 g/mol. The van der Waals surface area contributed by atoms with Crippen LogP contribution in [0, 0.1) is 0 Å². The van der Waals surface area contributed by atoms with E-state index in [9.17, 15) is 4.79 Å². The van der Waals surface area contributed by atoms with Gasteiger partial charge in [-0.05, 0) is 33.7 Å². The molecule has 1 aliphatic rings. The molecular formula is C13H26N2O2. The zero-order valence-corrected chi connectivity index (χ0v) is 11.4. The fraction of sp³-hybridized carbons (Fsp3) is 0.923. The van der Waals surface area contributed by atoms with Crippen LogP contribution in [-0.4, -0.2) is 59.6 Å². The second-order valence-electron chi connectivity index (χ2n) is 5.11. The van der Waals surface area contributed by atoms with Crippen LogP contribution in [0.4, 0.5) is 0 Å². The van der Waals surface area contributed by atoms with Gasteiger partial charge in [-0.1, -0.05) is 12.8 Å². The van der Waals surface area contributed by atoms with Crippen molar-refractivity contribution in [2.24, 2.45) is 0 Å². The van der Waals surface area contributed by atoms with Crippen molar-refractivity contribution in [2.45, 2.75) is 51.6 Å². The van der Waals surface area contributed by atoms with Crippen molar-refractivity contribution in [1.29, 1.82) is 0 Å². The fourth-order valence-electron chi connectivity index (χ4n) is 2.24. The number of likely N-dealkylation sites (tertiary alicyclic amines) is 1. The van der Waals surface area contributed by atoms with Crippen molar-refractivity contribution in [1.82, 2.24) is 9.80 Å². The highest BCUT2D eigenvalue weighted by molar-refractivity contribution is 5.81. The number of amides is 1. The van der Waals surface area contributed by atoms with Crippen LogP contribution in [0.1, 0.15) is 39.5 Å². The van der Waals surface area contributed by atoms with E-state index in [-0.39, 0.29) is 24.6 Å². The largest absolute Gasteiger partial charge is 0.395 e. The number of hydrogen-bond acceptors (Lipinski definition) is 3. The predicted octanol–water partition coefficient (Wildman–Crippen LogP) is 1.09. The topological polar surface area (TPSA) is 43.8 Å². The van der Waals surface area contributed by atoms with E-state index in [4.69, 9.17) is 5.11 Å². The van der Waals surface area contributed by atoms with E-state index in [0.29, 0.717) is 0 Å². The molecule has 0 saturated carbocycles. The minimum Gasteiger partial charge on any atom is -0.395 e. The van der Waals surface area contributed by atoms with Gasteiger partial charge in [-0.25, -0.2) is 0 Å². The maximum atomic E-state index is 12.3. The number of hydrogen-bond donors (Lipinski definition) is 1. The Balaban J connectivity index is 2.54. The van der Waals surface area contributed by atoms with Gasteiger partial charge in [0, 0.05) is 19.1 Å². The number of carbonyl (C=O) groups is 1. The molecule has 1 N–H and O–H groups in total. The minimum absolute atomic E-state index is 0.0286. The van der Waals surface area contributed by atoms with Crippen LogP contribution in [0.3, 0.4) is 0 Å². The van der Waals surface area contributed by atoms with Crippen molar-refractivity contribution in [3.8, 4) is 0 Å². The van der Waals surface area contributed by atoms with E-state index >= 15 is 0 Å². The van der Waals surface area contributed by atoms with Gasteiger partial charge in [0.05, 0.1) is 12.6 Å². The third kappa shape index (κ3) is 3.96. The molecule has 1 aliphatic heterocycles. The van der Waals surface area contributed by atoms with E-state index in [0.717, 1.165) is 25.9 Å². The van der Waals surface area contributed by atoms with Crippen LogP contribution in [0.5, 0.6) is 0 Å². The van der Waals surface area contributed by atoms with Crippen molar-refractivity contribution in [3.05, 3.63) is 0 Å². The van der Waals surface area contributed by atoms with Gasteiger partial charge >= 0.3 is 0 Å². The van der Waals surface area contributed by atoms with Crippen molar-refractivity contribution < 1.29 is 9.90 Å². The van der Waals surface area contributed by atoms with Gasteiger partial charge in [0.2, 0.25) is 5.91 Å². The van der Waals surface area contributed by atoms with E-state index in [1.54, 1.807) is 0 Å². The average molecular weight is 242 g/mol. The number of rotatable bonds is 4. The number of aliphatic hydroxyl groups excluding tert-OH is 1. The molecule has 2 unspecified atom stereocenters. The Hall–Kier alpha value is -0.610. The van der Waals surface area contributed by atoms with Crippen molar-refractivity contribution >= 4 is 5.91 Å². The maximum Gasteiger partial charge on any atom is 0.239 e. The van der Waals surface area contributed by atoms with Crippen LogP contribution in [-0.2, 0) is 4.79 Å². The summed E-state index contributed by atoms with van der Waals surface area (Å²) < 4.78 is 0. The Morgan fingerprint density at radius 1 is 1.24 bits per heavy atom. The molecule has 2 atom stereocenters. The van der Waals surface area contributed by atoms with E-state index in [1.807, 2.05) is 30.7 Å². The Bertz CT molecular complexity index is 238. The zero-order chi connectivity index (χ0) is 12.8. The summed E-state index contributed by atoms with van der Waals surface area (Å²) in [4.78, 5) is 16.3. The number of carbonyl (C=O) groups excluding carboxylic acids is 1. The Labute approximate surface area is 105 Å². The molecule has 0 bridgehead atoms. The van der Waals surface area contributed by atoms with Crippen LogP contribution in [0.15, 0.2) is 0 Å². The normalized spacial score (nSPS) is 21.1. The number of likely N-dealkylation sites (N-methyl/N-ethyl adjacent to an activating group) is 1. The van der Waals surface area contributed by atoms with E-state index in [1.165, 1.54) is 12.8 Å². The molecule has 17 heavy (non-hydrogen) atoms. The molecule has 0 aromatic carbocycles. The molecule has 1 heterocycles. The standard InChI is InChI=1S/C13H26N2O2/c1-11(10-16)14(3)12(2)13(17)15-8-6-4-5-7-9-15/h11-12,16H,4-10H2,1-3H3. The third-order valence-corrected chi connectivity index (χ3v) is 3.85. The lowest BCUT2D eigenvalue weighted by atomic mass is 10.2. The summed E-state index contributed by atoms with van der Waals surface area (Å²) in [6.07, 6.45) is 4.72. The zero-order valence-electron chi connectivity index (χ0n) is 11.4. The molecule has 0 radical (unpaired) electrons. The average Bonchev–Trinajstić information content (AvgIpc) is 2.63. The first-order valence-electron chi connectivity index (χ1n) is 6.69.